The van der Waals surface area contributed by atoms with Crippen molar-refractivity contribution >= 4 is 64.9 Å². The lowest BCUT2D eigenvalue weighted by atomic mass is 9.96. The minimum atomic E-state index is 0.626. The molecule has 11 rings (SSSR count). The molecule has 0 radical (unpaired) electrons. The van der Waals surface area contributed by atoms with Crippen LogP contribution < -0.4 is 0 Å². The monoisotopic (exact) mass is 674 g/mol. The summed E-state index contributed by atoms with van der Waals surface area (Å²) in [6, 6.07) is 64.5. The van der Waals surface area contributed by atoms with Crippen molar-refractivity contribution in [2.75, 3.05) is 0 Å². The largest absolute Gasteiger partial charge is 0.308 e. The second-order valence-corrected chi connectivity index (χ2v) is 13.6. The molecule has 0 aliphatic carbocycles. The van der Waals surface area contributed by atoms with Crippen LogP contribution in [-0.2, 0) is 0 Å². The lowest BCUT2D eigenvalue weighted by Gasteiger charge is -2.15. The zero-order valence-electron chi connectivity index (χ0n) is 28.6. The van der Waals surface area contributed by atoms with Gasteiger partial charge in [0.05, 0.1) is 16.7 Å². The second-order valence-electron chi connectivity index (χ2n) is 13.6. The van der Waals surface area contributed by atoms with E-state index in [1.54, 1.807) is 0 Å². The molecule has 0 bridgehead atoms. The Morgan fingerprint density at radius 1 is 0.321 bits per heavy atom. The Balaban J connectivity index is 1.15. The first-order chi connectivity index (χ1) is 26.3. The van der Waals surface area contributed by atoms with E-state index >= 15 is 0 Å². The van der Waals surface area contributed by atoms with Crippen LogP contribution >= 0.6 is 0 Å². The third-order valence-electron chi connectivity index (χ3n) is 10.6. The molecule has 0 fully saturated rings. The fourth-order valence-corrected chi connectivity index (χ4v) is 8.15. The standard InChI is InChI=1S/C49H30N4/c1-2-14-33(15-3-1)47-50-48(35-25-26-37-34(30-35)24-28-39-36-16-6-4-12-31(36)22-27-40(37)39)52-49(51-47)43-19-9-11-21-45(43)53-44-20-10-8-18-41(44)42-29-23-32-13-5-7-17-38(32)46(42)53/h1-30H. The van der Waals surface area contributed by atoms with E-state index in [1.807, 2.05) is 18.2 Å². The molecule has 2 aromatic heterocycles. The van der Waals surface area contributed by atoms with Crippen LogP contribution in [0.4, 0.5) is 0 Å². The lowest BCUT2D eigenvalue weighted by molar-refractivity contribution is 1.07. The van der Waals surface area contributed by atoms with Crippen molar-refractivity contribution in [2.24, 2.45) is 0 Å². The molecule has 4 nitrogen and oxygen atoms in total. The van der Waals surface area contributed by atoms with Crippen LogP contribution in [0.25, 0.3) is 105 Å². The summed E-state index contributed by atoms with van der Waals surface area (Å²) >= 11 is 0. The van der Waals surface area contributed by atoms with Gasteiger partial charge in [0, 0.05) is 32.8 Å². The average Bonchev–Trinajstić information content (AvgIpc) is 3.58. The van der Waals surface area contributed by atoms with Gasteiger partial charge in [0.15, 0.2) is 17.5 Å². The van der Waals surface area contributed by atoms with Crippen molar-refractivity contribution in [3.63, 3.8) is 0 Å². The van der Waals surface area contributed by atoms with Crippen LogP contribution in [0.3, 0.4) is 0 Å². The molecule has 0 N–H and O–H groups in total. The van der Waals surface area contributed by atoms with Gasteiger partial charge >= 0.3 is 0 Å². The van der Waals surface area contributed by atoms with Gasteiger partial charge in [-0.05, 0) is 62.0 Å². The number of hydrogen-bond donors (Lipinski definition) is 0. The highest BCUT2D eigenvalue weighted by Crippen LogP contribution is 2.40. The molecular weight excluding hydrogens is 645 g/mol. The van der Waals surface area contributed by atoms with E-state index < -0.39 is 0 Å². The highest BCUT2D eigenvalue weighted by atomic mass is 15.1. The molecule has 2 heterocycles. The molecule has 0 amide bonds. The van der Waals surface area contributed by atoms with Gasteiger partial charge in [0.25, 0.3) is 0 Å². The fourth-order valence-electron chi connectivity index (χ4n) is 8.15. The molecule has 246 valence electrons. The molecule has 0 aliphatic heterocycles. The molecule has 11 aromatic rings. The Hall–Kier alpha value is -7.17. The number of para-hydroxylation sites is 2. The van der Waals surface area contributed by atoms with Gasteiger partial charge in [-0.3, -0.25) is 0 Å². The van der Waals surface area contributed by atoms with E-state index in [0.29, 0.717) is 17.5 Å². The minimum Gasteiger partial charge on any atom is -0.308 e. The summed E-state index contributed by atoms with van der Waals surface area (Å²) in [5.41, 5.74) is 6.14. The van der Waals surface area contributed by atoms with E-state index in [1.165, 1.54) is 54.0 Å². The highest BCUT2D eigenvalue weighted by molar-refractivity contribution is 6.19. The van der Waals surface area contributed by atoms with E-state index in [9.17, 15) is 0 Å². The zero-order chi connectivity index (χ0) is 34.9. The quantitative estimate of drug-likeness (QED) is 0.175. The number of hydrogen-bond acceptors (Lipinski definition) is 3. The van der Waals surface area contributed by atoms with Crippen LogP contribution in [0.15, 0.2) is 182 Å². The predicted octanol–water partition coefficient (Wildman–Crippen LogP) is 12.6. The van der Waals surface area contributed by atoms with Crippen LogP contribution in [-0.4, -0.2) is 19.5 Å². The molecule has 0 aliphatic rings. The molecular formula is C49H30N4. The van der Waals surface area contributed by atoms with E-state index in [2.05, 4.69) is 168 Å². The summed E-state index contributed by atoms with van der Waals surface area (Å²) in [6.07, 6.45) is 0. The Bertz CT molecular complexity index is 3230. The SMILES string of the molecule is c1ccc(-c2nc(-c3ccc4c(ccc5c6ccccc6ccc45)c3)nc(-c3ccccc3-n3c4ccccc4c4ccc5ccccc5c43)n2)cc1. The Morgan fingerprint density at radius 2 is 0.868 bits per heavy atom. The van der Waals surface area contributed by atoms with Crippen molar-refractivity contribution in [1.29, 1.82) is 0 Å². The van der Waals surface area contributed by atoms with E-state index in [-0.39, 0.29) is 0 Å². The maximum Gasteiger partial charge on any atom is 0.166 e. The third kappa shape index (κ3) is 4.66. The normalized spacial score (nSPS) is 11.8. The van der Waals surface area contributed by atoms with Gasteiger partial charge in [-0.15, -0.1) is 0 Å². The summed E-state index contributed by atoms with van der Waals surface area (Å²) in [5, 5.41) is 12.2. The summed E-state index contributed by atoms with van der Waals surface area (Å²) in [5.74, 6) is 1.90. The van der Waals surface area contributed by atoms with Crippen LogP contribution in [0.2, 0.25) is 0 Å². The van der Waals surface area contributed by atoms with Crippen LogP contribution in [0, 0.1) is 0 Å². The number of benzene rings is 9. The topological polar surface area (TPSA) is 43.6 Å². The van der Waals surface area contributed by atoms with Gasteiger partial charge < -0.3 is 4.57 Å². The summed E-state index contributed by atoms with van der Waals surface area (Å²) in [4.78, 5) is 15.6. The molecule has 0 spiro atoms. The smallest absolute Gasteiger partial charge is 0.166 e. The fraction of sp³-hybridized carbons (Fsp3) is 0. The summed E-state index contributed by atoms with van der Waals surface area (Å²) in [6.45, 7) is 0. The van der Waals surface area contributed by atoms with Gasteiger partial charge in [0.1, 0.15) is 0 Å². The molecule has 0 atom stereocenters. The second kappa shape index (κ2) is 11.7. The molecule has 53 heavy (non-hydrogen) atoms. The van der Waals surface area contributed by atoms with Gasteiger partial charge in [0.2, 0.25) is 0 Å². The number of aromatic nitrogens is 4. The molecule has 0 saturated heterocycles. The van der Waals surface area contributed by atoms with Crippen molar-refractivity contribution in [3.8, 4) is 39.9 Å². The molecule has 4 heteroatoms. The predicted molar refractivity (Wildman–Crippen MR) is 220 cm³/mol. The highest BCUT2D eigenvalue weighted by Gasteiger charge is 2.20. The molecule has 9 aromatic carbocycles. The number of rotatable bonds is 4. The Kier molecular flexibility index (Phi) is 6.52. The first-order valence-electron chi connectivity index (χ1n) is 18.0. The zero-order valence-corrected chi connectivity index (χ0v) is 28.6. The molecule has 0 saturated carbocycles. The Labute approximate surface area is 305 Å². The number of fused-ring (bicyclic) bond motifs is 10. The van der Waals surface area contributed by atoms with Gasteiger partial charge in [-0.2, -0.15) is 0 Å². The molecule has 0 unspecified atom stereocenters. The third-order valence-corrected chi connectivity index (χ3v) is 10.6. The van der Waals surface area contributed by atoms with Crippen LogP contribution in [0.1, 0.15) is 0 Å². The minimum absolute atomic E-state index is 0.626. The number of nitrogens with zero attached hydrogens (tertiary/aromatic N) is 4. The first kappa shape index (κ1) is 29.5. The average molecular weight is 675 g/mol. The van der Waals surface area contributed by atoms with Crippen molar-refractivity contribution in [3.05, 3.63) is 182 Å². The Morgan fingerprint density at radius 3 is 1.68 bits per heavy atom. The van der Waals surface area contributed by atoms with Crippen molar-refractivity contribution < 1.29 is 0 Å². The summed E-state index contributed by atoms with van der Waals surface area (Å²) < 4.78 is 2.39. The van der Waals surface area contributed by atoms with Gasteiger partial charge in [-0.1, -0.05) is 158 Å². The maximum atomic E-state index is 5.27. The van der Waals surface area contributed by atoms with Crippen molar-refractivity contribution in [2.45, 2.75) is 0 Å². The van der Waals surface area contributed by atoms with E-state index in [4.69, 9.17) is 15.0 Å². The first-order valence-corrected chi connectivity index (χ1v) is 18.0. The lowest BCUT2D eigenvalue weighted by Crippen LogP contribution is -2.03. The summed E-state index contributed by atoms with van der Waals surface area (Å²) in [7, 11) is 0. The van der Waals surface area contributed by atoms with Crippen molar-refractivity contribution in [1.82, 2.24) is 19.5 Å². The van der Waals surface area contributed by atoms with Crippen LogP contribution in [0.5, 0.6) is 0 Å². The maximum absolute atomic E-state index is 5.27. The van der Waals surface area contributed by atoms with Gasteiger partial charge in [-0.25, -0.2) is 15.0 Å². The van der Waals surface area contributed by atoms with E-state index in [0.717, 1.165) is 33.3 Å².